The summed E-state index contributed by atoms with van der Waals surface area (Å²) in [5.74, 6) is -0.619. The van der Waals surface area contributed by atoms with Crippen LogP contribution >= 0.6 is 15.6 Å². The molecular formula is C78H144O17P2. The van der Waals surface area contributed by atoms with Gasteiger partial charge in [0.1, 0.15) is 19.3 Å². The van der Waals surface area contributed by atoms with Gasteiger partial charge in [0.25, 0.3) is 0 Å². The summed E-state index contributed by atoms with van der Waals surface area (Å²) in [5.41, 5.74) is 0. The second-order valence-electron chi connectivity index (χ2n) is 27.4. The van der Waals surface area contributed by atoms with Crippen molar-refractivity contribution in [1.29, 1.82) is 0 Å². The average Bonchev–Trinajstić information content (AvgIpc) is 1.28. The van der Waals surface area contributed by atoms with Crippen molar-refractivity contribution in [1.82, 2.24) is 0 Å². The van der Waals surface area contributed by atoms with E-state index in [-0.39, 0.29) is 25.7 Å². The normalized spacial score (nSPS) is 14.6. The van der Waals surface area contributed by atoms with E-state index in [1.165, 1.54) is 141 Å². The Balaban J connectivity index is 5.35. The highest BCUT2D eigenvalue weighted by molar-refractivity contribution is 7.47. The van der Waals surface area contributed by atoms with Gasteiger partial charge >= 0.3 is 39.5 Å². The van der Waals surface area contributed by atoms with Crippen molar-refractivity contribution < 1.29 is 80.2 Å². The maximum Gasteiger partial charge on any atom is 0.472 e. The molecule has 0 aliphatic rings. The van der Waals surface area contributed by atoms with Gasteiger partial charge in [-0.3, -0.25) is 37.3 Å². The van der Waals surface area contributed by atoms with Crippen molar-refractivity contribution in [3.63, 3.8) is 0 Å². The molecule has 0 rings (SSSR count). The van der Waals surface area contributed by atoms with Crippen LogP contribution in [0.3, 0.4) is 0 Å². The molecule has 0 aromatic carbocycles. The minimum absolute atomic E-state index is 0.0780. The molecular weight excluding hydrogens is 1270 g/mol. The number of esters is 4. The highest BCUT2D eigenvalue weighted by Gasteiger charge is 2.30. The molecule has 0 radical (unpaired) electrons. The molecule has 0 aromatic heterocycles. The first-order valence-corrected chi connectivity index (χ1v) is 42.2. The van der Waals surface area contributed by atoms with E-state index in [1.54, 1.807) is 0 Å². The fourth-order valence-electron chi connectivity index (χ4n) is 10.9. The number of aliphatic hydroxyl groups is 1. The number of carbonyl (C=O) groups is 4. The lowest BCUT2D eigenvalue weighted by molar-refractivity contribution is -0.161. The van der Waals surface area contributed by atoms with Crippen molar-refractivity contribution in [2.75, 3.05) is 39.6 Å². The molecule has 0 bridgehead atoms. The van der Waals surface area contributed by atoms with E-state index in [9.17, 15) is 43.2 Å². The van der Waals surface area contributed by atoms with Crippen molar-refractivity contribution in [3.05, 3.63) is 48.6 Å². The van der Waals surface area contributed by atoms with E-state index in [0.29, 0.717) is 25.7 Å². The van der Waals surface area contributed by atoms with E-state index in [0.717, 1.165) is 134 Å². The van der Waals surface area contributed by atoms with E-state index >= 15 is 0 Å². The topological polar surface area (TPSA) is 237 Å². The number of ether oxygens (including phenoxy) is 4. The quantitative estimate of drug-likeness (QED) is 0.0169. The van der Waals surface area contributed by atoms with Gasteiger partial charge in [-0.25, -0.2) is 9.13 Å². The summed E-state index contributed by atoms with van der Waals surface area (Å²) in [7, 11) is -9.94. The minimum atomic E-state index is -4.97. The molecule has 0 fully saturated rings. The Hall–Kier alpha value is -2.98. The fraction of sp³-hybridized carbons (Fsp3) is 0.846. The molecule has 17 nitrogen and oxygen atoms in total. The van der Waals surface area contributed by atoms with Crippen molar-refractivity contribution in [2.24, 2.45) is 11.8 Å². The number of aliphatic hydroxyl groups excluding tert-OH is 1. The van der Waals surface area contributed by atoms with E-state index < -0.39 is 97.5 Å². The number of hydrogen-bond donors (Lipinski definition) is 3. The van der Waals surface area contributed by atoms with Gasteiger partial charge in [0.15, 0.2) is 12.2 Å². The van der Waals surface area contributed by atoms with Crippen LogP contribution in [0.15, 0.2) is 48.6 Å². The van der Waals surface area contributed by atoms with Gasteiger partial charge in [-0.05, 0) is 88.9 Å². The van der Waals surface area contributed by atoms with Crippen LogP contribution in [0.5, 0.6) is 0 Å². The lowest BCUT2D eigenvalue weighted by Crippen LogP contribution is -2.30. The third kappa shape index (κ3) is 69.9. The smallest absolute Gasteiger partial charge is 0.462 e. The third-order valence-corrected chi connectivity index (χ3v) is 19.2. The van der Waals surface area contributed by atoms with E-state index in [2.05, 4.69) is 90.2 Å². The molecule has 19 heteroatoms. The van der Waals surface area contributed by atoms with Crippen molar-refractivity contribution >= 4 is 39.5 Å². The molecule has 0 heterocycles. The molecule has 0 aromatic rings. The molecule has 6 atom stereocenters. The van der Waals surface area contributed by atoms with E-state index in [4.69, 9.17) is 37.0 Å². The summed E-state index contributed by atoms with van der Waals surface area (Å²) < 4.78 is 68.5. The van der Waals surface area contributed by atoms with Gasteiger partial charge in [0, 0.05) is 25.7 Å². The number of rotatable bonds is 73. The lowest BCUT2D eigenvalue weighted by atomic mass is 9.99. The Bertz CT molecular complexity index is 2060. The molecule has 0 aliphatic heterocycles. The number of hydrogen-bond acceptors (Lipinski definition) is 15. The highest BCUT2D eigenvalue weighted by atomic mass is 31.2. The van der Waals surface area contributed by atoms with Crippen LogP contribution in [0.1, 0.15) is 356 Å². The van der Waals surface area contributed by atoms with Crippen LogP contribution in [0.4, 0.5) is 0 Å². The molecule has 0 saturated carbocycles. The minimum Gasteiger partial charge on any atom is -0.462 e. The maximum atomic E-state index is 13.1. The third-order valence-electron chi connectivity index (χ3n) is 17.3. The summed E-state index contributed by atoms with van der Waals surface area (Å²) in [6, 6.07) is 0. The average molecular weight is 1420 g/mol. The lowest BCUT2D eigenvalue weighted by Gasteiger charge is -2.21. The van der Waals surface area contributed by atoms with Gasteiger partial charge in [-0.2, -0.15) is 0 Å². The van der Waals surface area contributed by atoms with Crippen molar-refractivity contribution in [3.8, 4) is 0 Å². The Kier molecular flexibility index (Phi) is 66.7. The second-order valence-corrected chi connectivity index (χ2v) is 30.4. The zero-order chi connectivity index (χ0) is 71.4. The Labute approximate surface area is 591 Å². The van der Waals surface area contributed by atoms with Crippen molar-refractivity contribution in [2.45, 2.75) is 374 Å². The van der Waals surface area contributed by atoms with Crippen LogP contribution < -0.4 is 0 Å². The van der Waals surface area contributed by atoms with Crippen LogP contribution in [-0.4, -0.2) is 96.7 Å². The van der Waals surface area contributed by atoms with E-state index in [1.807, 2.05) is 0 Å². The molecule has 0 amide bonds. The molecule has 0 saturated heterocycles. The molecule has 3 N–H and O–H groups in total. The van der Waals surface area contributed by atoms with Crippen LogP contribution in [0, 0.1) is 11.8 Å². The number of phosphoric ester groups is 2. The molecule has 568 valence electrons. The second kappa shape index (κ2) is 68.8. The summed E-state index contributed by atoms with van der Waals surface area (Å²) in [5, 5.41) is 10.6. The van der Waals surface area contributed by atoms with Crippen LogP contribution in [0.25, 0.3) is 0 Å². The summed E-state index contributed by atoms with van der Waals surface area (Å²) in [6.45, 7) is 9.49. The first-order valence-electron chi connectivity index (χ1n) is 39.2. The van der Waals surface area contributed by atoms with Crippen LogP contribution in [0.2, 0.25) is 0 Å². The predicted octanol–water partition coefficient (Wildman–Crippen LogP) is 22.2. The molecule has 0 aliphatic carbocycles. The molecule has 3 unspecified atom stereocenters. The van der Waals surface area contributed by atoms with Gasteiger partial charge in [-0.1, -0.05) is 302 Å². The SMILES string of the molecule is CCCCCC/C=C\C=C/CCCCCCCC(=O)OC[C@H](COP(=O)(O)OC[C@@H](O)COP(=O)(O)OC[C@@H](COC(=O)CCCCCCCCCCCCC(C)C)OC(=O)CCCCCCCCCCCCC(C)CC)OC(=O)CCCCCCC/C=C\C=C/CCCCCC. The van der Waals surface area contributed by atoms with Gasteiger partial charge in [0.05, 0.1) is 26.4 Å². The zero-order valence-corrected chi connectivity index (χ0v) is 64.1. The van der Waals surface area contributed by atoms with Crippen LogP contribution in [-0.2, 0) is 65.4 Å². The van der Waals surface area contributed by atoms with Gasteiger partial charge in [-0.15, -0.1) is 0 Å². The molecule has 0 spiro atoms. The Morgan fingerprint density at radius 3 is 0.918 bits per heavy atom. The first kappa shape index (κ1) is 94.0. The number of allylic oxidation sites excluding steroid dienone is 8. The standard InChI is InChI=1S/C78H144O17P2/c1-7-10-12-14-16-18-20-22-24-26-28-36-42-48-54-60-75(80)88-66-73(94-77(82)62-56-50-44-38-29-27-25-23-21-19-17-15-13-11-8-2)68-92-96(84,85)90-64-72(79)65-91-97(86,87)93-69-74(67-89-76(81)61-55-49-43-37-32-30-34-40-46-52-58-70(4)5)95-78(83)63-57-51-45-39-33-31-35-41-47-53-59-71(6)9-3/h18-25,70-74,79H,7-17,26-69H2,1-6H3,(H,84,85)(H,86,87)/b20-18-,21-19-,24-22-,25-23-/t71?,72-,73-,74-/m1/s1. The van der Waals surface area contributed by atoms with Gasteiger partial charge in [0.2, 0.25) is 0 Å². The number of carbonyl (C=O) groups excluding carboxylic acids is 4. The zero-order valence-electron chi connectivity index (χ0n) is 62.3. The number of phosphoric acid groups is 2. The fourth-order valence-corrected chi connectivity index (χ4v) is 12.5. The summed E-state index contributed by atoms with van der Waals surface area (Å²) in [4.78, 5) is 72.9. The highest BCUT2D eigenvalue weighted by Crippen LogP contribution is 2.45. The van der Waals surface area contributed by atoms with Gasteiger partial charge < -0.3 is 33.8 Å². The summed E-state index contributed by atoms with van der Waals surface area (Å²) >= 11 is 0. The Morgan fingerprint density at radius 1 is 0.340 bits per heavy atom. The summed E-state index contributed by atoms with van der Waals surface area (Å²) in [6.07, 6.45) is 62.5. The first-order chi connectivity index (χ1) is 46.9. The monoisotopic (exact) mass is 1410 g/mol. The largest absolute Gasteiger partial charge is 0.472 e. The Morgan fingerprint density at radius 2 is 0.608 bits per heavy atom. The predicted molar refractivity (Wildman–Crippen MR) is 395 cm³/mol. The molecule has 97 heavy (non-hydrogen) atoms. The number of unbranched alkanes of at least 4 members (excludes halogenated alkanes) is 36. The maximum absolute atomic E-state index is 13.1.